The average molecular weight is 107 g/mol. The lowest BCUT2D eigenvalue weighted by atomic mass is 10.0. The minimum absolute atomic E-state index is 1.12. The highest BCUT2D eigenvalue weighted by atomic mass is 14.7. The minimum Gasteiger partial charge on any atom is -0.00154 e. The molecule has 3 rings (SSSR count). The van der Waals surface area contributed by atoms with E-state index >= 15 is 0 Å². The molecule has 0 aliphatic heterocycles. The van der Waals surface area contributed by atoms with E-state index in [1.54, 1.807) is 12.8 Å². The fraction of sp³-hybridized carbons (Fsp3) is 0.875. The quantitative estimate of drug-likeness (QED) is 0.414. The normalized spacial score (nSPS) is 64.9. The van der Waals surface area contributed by atoms with Crippen molar-refractivity contribution in [2.75, 3.05) is 0 Å². The Morgan fingerprint density at radius 3 is 1.88 bits per heavy atom. The molecule has 0 heterocycles. The van der Waals surface area contributed by atoms with Crippen LogP contribution in [0.15, 0.2) is 0 Å². The molecule has 3 fully saturated rings. The van der Waals surface area contributed by atoms with Gasteiger partial charge in [-0.3, -0.25) is 0 Å². The van der Waals surface area contributed by atoms with Gasteiger partial charge in [0.15, 0.2) is 0 Å². The zero-order chi connectivity index (χ0) is 5.30. The maximum Gasteiger partial charge on any atom is 0.104 e. The molecule has 0 heteroatoms. The third-order valence-corrected chi connectivity index (χ3v) is 3.40. The van der Waals surface area contributed by atoms with Gasteiger partial charge in [0.2, 0.25) is 0 Å². The van der Waals surface area contributed by atoms with Crippen molar-refractivity contribution in [1.29, 1.82) is 0 Å². The predicted octanol–water partition coefficient (Wildman–Crippen LogP) is 1.87. The van der Waals surface area contributed by atoms with Gasteiger partial charge >= 0.3 is 0 Å². The number of rotatable bonds is 0. The molecular weight excluding hydrogens is 96.1 g/mol. The molecule has 0 N–H and O–H groups in total. The van der Waals surface area contributed by atoms with Crippen molar-refractivity contribution in [3.05, 3.63) is 5.92 Å². The standard InChI is InChI=1S/C8H11/c1-4-5-2-7(5)8-3-6(4)8/h5-8H,2-3H2,1H3/q+1/t5-,6?,7?,8?/m0/s1. The van der Waals surface area contributed by atoms with Gasteiger partial charge in [0, 0.05) is 11.8 Å². The summed E-state index contributed by atoms with van der Waals surface area (Å²) in [4.78, 5) is 0. The van der Waals surface area contributed by atoms with E-state index in [2.05, 4.69) is 6.92 Å². The Hall–Kier alpha value is -0.130. The van der Waals surface area contributed by atoms with Crippen LogP contribution in [-0.4, -0.2) is 0 Å². The summed E-state index contributed by atoms with van der Waals surface area (Å²) >= 11 is 0. The van der Waals surface area contributed by atoms with Crippen LogP contribution in [0.5, 0.6) is 0 Å². The second-order valence-corrected chi connectivity index (χ2v) is 3.76. The molecule has 0 spiro atoms. The maximum absolute atomic E-state index is 2.38. The highest BCUT2D eigenvalue weighted by molar-refractivity contribution is 5.27. The Morgan fingerprint density at radius 1 is 1.12 bits per heavy atom. The largest absolute Gasteiger partial charge is 0.104 e. The summed E-state index contributed by atoms with van der Waals surface area (Å²) in [6.07, 6.45) is 3.12. The molecule has 0 nitrogen and oxygen atoms in total. The first kappa shape index (κ1) is 3.81. The second-order valence-electron chi connectivity index (χ2n) is 3.76. The van der Waals surface area contributed by atoms with Crippen LogP contribution in [0.4, 0.5) is 0 Å². The van der Waals surface area contributed by atoms with E-state index in [1.807, 2.05) is 5.92 Å². The molecule has 3 unspecified atom stereocenters. The van der Waals surface area contributed by atoms with E-state index in [9.17, 15) is 0 Å². The number of fused-ring (bicyclic) bond motifs is 3. The highest BCUT2D eigenvalue weighted by Crippen LogP contribution is 2.73. The van der Waals surface area contributed by atoms with Gasteiger partial charge in [0.1, 0.15) is 11.8 Å². The molecule has 0 radical (unpaired) electrons. The lowest BCUT2D eigenvalue weighted by Gasteiger charge is -1.88. The Kier molecular flexibility index (Phi) is 0.396. The van der Waals surface area contributed by atoms with Gasteiger partial charge in [-0.2, -0.15) is 0 Å². The van der Waals surface area contributed by atoms with E-state index in [1.165, 1.54) is 11.8 Å². The highest BCUT2D eigenvalue weighted by Gasteiger charge is 2.74. The van der Waals surface area contributed by atoms with Crippen molar-refractivity contribution in [3.8, 4) is 0 Å². The molecule has 3 aliphatic carbocycles. The first-order chi connectivity index (χ1) is 3.88. The van der Waals surface area contributed by atoms with E-state index in [-0.39, 0.29) is 0 Å². The van der Waals surface area contributed by atoms with Gasteiger partial charge in [-0.05, 0) is 12.8 Å². The SMILES string of the molecule is C[C+]1C2CC2C2C[C@@H]12. The summed E-state index contributed by atoms with van der Waals surface area (Å²) in [5.41, 5.74) is 0. The smallest absolute Gasteiger partial charge is 0.00154 e. The van der Waals surface area contributed by atoms with Crippen molar-refractivity contribution in [2.24, 2.45) is 23.7 Å². The average Bonchev–Trinajstić information content (AvgIpc) is 2.58. The second kappa shape index (κ2) is 0.832. The molecule has 8 heavy (non-hydrogen) atoms. The van der Waals surface area contributed by atoms with Crippen molar-refractivity contribution in [2.45, 2.75) is 19.8 Å². The molecule has 0 bridgehead atoms. The molecule has 3 aliphatic rings. The molecule has 0 aromatic rings. The molecule has 0 aromatic carbocycles. The van der Waals surface area contributed by atoms with Gasteiger partial charge in [-0.15, -0.1) is 0 Å². The van der Waals surface area contributed by atoms with E-state index in [0.29, 0.717) is 0 Å². The summed E-state index contributed by atoms with van der Waals surface area (Å²) in [6, 6.07) is 0. The third-order valence-electron chi connectivity index (χ3n) is 3.40. The minimum atomic E-state index is 1.12. The van der Waals surface area contributed by atoms with Crippen LogP contribution in [-0.2, 0) is 0 Å². The molecule has 42 valence electrons. The van der Waals surface area contributed by atoms with Crippen molar-refractivity contribution < 1.29 is 0 Å². The summed E-state index contributed by atoms with van der Waals surface area (Å²) in [6.45, 7) is 2.38. The van der Waals surface area contributed by atoms with Crippen molar-refractivity contribution in [1.82, 2.24) is 0 Å². The van der Waals surface area contributed by atoms with Gasteiger partial charge in [-0.25, -0.2) is 0 Å². The van der Waals surface area contributed by atoms with Crippen LogP contribution in [0.3, 0.4) is 0 Å². The zero-order valence-electron chi connectivity index (χ0n) is 5.22. The lowest BCUT2D eigenvalue weighted by Crippen LogP contribution is -1.92. The van der Waals surface area contributed by atoms with Gasteiger partial charge in [0.05, 0.1) is 12.8 Å². The van der Waals surface area contributed by atoms with E-state index in [0.717, 1.165) is 11.8 Å². The fourth-order valence-corrected chi connectivity index (χ4v) is 2.70. The van der Waals surface area contributed by atoms with Crippen LogP contribution in [0, 0.1) is 29.6 Å². The monoisotopic (exact) mass is 107 g/mol. The summed E-state index contributed by atoms with van der Waals surface area (Å²) in [5, 5.41) is 0. The molecule has 0 aromatic heterocycles. The first-order valence-corrected chi connectivity index (χ1v) is 3.71. The molecular formula is C8H11+. The van der Waals surface area contributed by atoms with Gasteiger partial charge < -0.3 is 0 Å². The Bertz CT molecular complexity index is 113. The Morgan fingerprint density at radius 2 is 1.62 bits per heavy atom. The van der Waals surface area contributed by atoms with Gasteiger partial charge in [-0.1, -0.05) is 0 Å². The lowest BCUT2D eigenvalue weighted by molar-refractivity contribution is 0.709. The Labute approximate surface area is 50.3 Å². The molecule has 3 saturated carbocycles. The van der Waals surface area contributed by atoms with Crippen LogP contribution in [0.1, 0.15) is 19.8 Å². The van der Waals surface area contributed by atoms with Gasteiger partial charge in [0.25, 0.3) is 0 Å². The zero-order valence-corrected chi connectivity index (χ0v) is 5.22. The first-order valence-electron chi connectivity index (χ1n) is 3.71. The third kappa shape index (κ3) is 0.244. The van der Waals surface area contributed by atoms with Crippen LogP contribution < -0.4 is 0 Å². The molecule has 0 amide bonds. The van der Waals surface area contributed by atoms with Crippen LogP contribution in [0.2, 0.25) is 0 Å². The molecule has 4 atom stereocenters. The summed E-state index contributed by atoms with van der Waals surface area (Å²) in [7, 11) is 0. The summed E-state index contributed by atoms with van der Waals surface area (Å²) < 4.78 is 0. The topological polar surface area (TPSA) is 0 Å². The van der Waals surface area contributed by atoms with E-state index in [4.69, 9.17) is 0 Å². The van der Waals surface area contributed by atoms with E-state index < -0.39 is 0 Å². The van der Waals surface area contributed by atoms with Crippen molar-refractivity contribution in [3.63, 3.8) is 0 Å². The maximum atomic E-state index is 2.38. The van der Waals surface area contributed by atoms with Crippen LogP contribution >= 0.6 is 0 Å². The fourth-order valence-electron chi connectivity index (χ4n) is 2.70. The number of hydrogen-bond donors (Lipinski definition) is 0. The van der Waals surface area contributed by atoms with Crippen LogP contribution in [0.25, 0.3) is 0 Å². The predicted molar refractivity (Wildman–Crippen MR) is 32.1 cm³/mol. The summed E-state index contributed by atoms with van der Waals surface area (Å²) in [5.74, 6) is 6.50. The van der Waals surface area contributed by atoms with Crippen molar-refractivity contribution >= 4 is 0 Å². The number of hydrogen-bond acceptors (Lipinski definition) is 0. The molecule has 0 saturated heterocycles. The Balaban J connectivity index is 1.99.